The molecule has 0 radical (unpaired) electrons. The van der Waals surface area contributed by atoms with Crippen LogP contribution in [0.25, 0.3) is 27.7 Å². The van der Waals surface area contributed by atoms with Crippen molar-refractivity contribution in [1.82, 2.24) is 24.4 Å². The van der Waals surface area contributed by atoms with Crippen molar-refractivity contribution in [2.45, 2.75) is 13.5 Å². The molecule has 1 saturated heterocycles. The molecule has 3 heterocycles. The van der Waals surface area contributed by atoms with Gasteiger partial charge in [0.2, 0.25) is 0 Å². The molecule has 148 valence electrons. The quantitative estimate of drug-likeness (QED) is 0.587. The van der Waals surface area contributed by atoms with E-state index < -0.39 is 0 Å². The Kier molecular flexibility index (Phi) is 4.45. The molecule has 1 fully saturated rings. The first-order valence-corrected chi connectivity index (χ1v) is 10.1. The number of likely N-dealkylation sites (N-methyl/N-ethyl adjacent to an activating group) is 1. The van der Waals surface area contributed by atoms with E-state index in [1.165, 1.54) is 11.1 Å². The first-order chi connectivity index (χ1) is 14.1. The highest BCUT2D eigenvalue weighted by Gasteiger charge is 2.14. The molecular formula is C23H25N5O. The van der Waals surface area contributed by atoms with Gasteiger partial charge in [-0.2, -0.15) is 5.10 Å². The number of benzene rings is 2. The van der Waals surface area contributed by atoms with Crippen molar-refractivity contribution in [3.8, 4) is 11.1 Å². The summed E-state index contributed by atoms with van der Waals surface area (Å²) in [7, 11) is 2.19. The number of aromatic nitrogens is 3. The maximum Gasteiger partial charge on any atom is 0.348 e. The Balaban J connectivity index is 1.44. The number of pyridine rings is 1. The maximum atomic E-state index is 12.1. The summed E-state index contributed by atoms with van der Waals surface area (Å²) in [6.45, 7) is 7.61. The van der Waals surface area contributed by atoms with E-state index in [1.54, 1.807) is 4.40 Å². The Labute approximate surface area is 169 Å². The first kappa shape index (κ1) is 18.1. The summed E-state index contributed by atoms with van der Waals surface area (Å²) in [6, 6.07) is 17.1. The van der Waals surface area contributed by atoms with Gasteiger partial charge in [-0.15, -0.1) is 0 Å². The molecule has 0 bridgehead atoms. The van der Waals surface area contributed by atoms with Gasteiger partial charge in [0.25, 0.3) is 0 Å². The fourth-order valence-corrected chi connectivity index (χ4v) is 4.20. The second kappa shape index (κ2) is 7.13. The van der Waals surface area contributed by atoms with Gasteiger partial charge >= 0.3 is 5.69 Å². The Bertz CT molecular complexity index is 1230. The van der Waals surface area contributed by atoms with Crippen molar-refractivity contribution in [1.29, 1.82) is 0 Å². The lowest BCUT2D eigenvalue weighted by atomic mass is 10.00. The van der Waals surface area contributed by atoms with Crippen molar-refractivity contribution in [2.24, 2.45) is 0 Å². The van der Waals surface area contributed by atoms with Crippen LogP contribution in [0.4, 0.5) is 0 Å². The second-order valence-corrected chi connectivity index (χ2v) is 8.06. The van der Waals surface area contributed by atoms with Crippen LogP contribution in [0.2, 0.25) is 0 Å². The number of piperazine rings is 1. The van der Waals surface area contributed by atoms with E-state index in [1.807, 2.05) is 12.1 Å². The average Bonchev–Trinajstić information content (AvgIpc) is 3.11. The summed E-state index contributed by atoms with van der Waals surface area (Å²) in [5, 5.41) is 7.69. The third kappa shape index (κ3) is 3.34. The summed E-state index contributed by atoms with van der Waals surface area (Å²) < 4.78 is 1.63. The Hall–Kier alpha value is -2.96. The van der Waals surface area contributed by atoms with E-state index in [9.17, 15) is 4.79 Å². The molecule has 0 saturated carbocycles. The minimum atomic E-state index is -0.203. The molecule has 6 heteroatoms. The molecule has 1 N–H and O–H groups in total. The van der Waals surface area contributed by atoms with Crippen molar-refractivity contribution in [2.75, 3.05) is 33.2 Å². The SMILES string of the molecule is Cc1cc2n[nH]c(=O)n2c2ccc(-c3ccc(CN4CCN(C)CC4)cc3)cc12. The molecule has 5 rings (SSSR count). The Morgan fingerprint density at radius 2 is 1.69 bits per heavy atom. The molecule has 1 aliphatic heterocycles. The van der Waals surface area contributed by atoms with Gasteiger partial charge in [-0.25, -0.2) is 14.3 Å². The predicted molar refractivity (Wildman–Crippen MR) is 116 cm³/mol. The lowest BCUT2D eigenvalue weighted by Crippen LogP contribution is -2.43. The molecule has 0 atom stereocenters. The second-order valence-electron chi connectivity index (χ2n) is 8.06. The zero-order valence-electron chi connectivity index (χ0n) is 16.9. The largest absolute Gasteiger partial charge is 0.348 e. The monoisotopic (exact) mass is 387 g/mol. The number of hydrogen-bond donors (Lipinski definition) is 1. The molecule has 0 unspecified atom stereocenters. The summed E-state index contributed by atoms with van der Waals surface area (Å²) in [4.78, 5) is 17.0. The third-order valence-corrected chi connectivity index (χ3v) is 6.00. The standard InChI is InChI=1S/C23H25N5O/c1-16-13-22-24-25-23(29)28(22)21-8-7-19(14-20(16)21)18-5-3-17(4-6-18)15-27-11-9-26(2)10-12-27/h3-8,13-14H,9-12,15H2,1-2H3,(H,25,29). The third-order valence-electron chi connectivity index (χ3n) is 6.00. The number of nitrogens with one attached hydrogen (secondary N) is 1. The van der Waals surface area contributed by atoms with Crippen LogP contribution in [0.3, 0.4) is 0 Å². The molecule has 29 heavy (non-hydrogen) atoms. The van der Waals surface area contributed by atoms with Crippen LogP contribution >= 0.6 is 0 Å². The molecule has 0 aliphatic carbocycles. The van der Waals surface area contributed by atoms with Gasteiger partial charge in [0.15, 0.2) is 5.65 Å². The number of H-pyrrole nitrogens is 1. The van der Waals surface area contributed by atoms with Gasteiger partial charge in [0.1, 0.15) is 0 Å². The zero-order chi connectivity index (χ0) is 20.0. The van der Waals surface area contributed by atoms with E-state index in [-0.39, 0.29) is 5.69 Å². The van der Waals surface area contributed by atoms with Crippen molar-refractivity contribution in [3.05, 3.63) is 70.1 Å². The number of nitrogens with zero attached hydrogens (tertiary/aromatic N) is 4. The van der Waals surface area contributed by atoms with Gasteiger partial charge in [0.05, 0.1) is 5.52 Å². The molecule has 6 nitrogen and oxygen atoms in total. The number of rotatable bonds is 3. The van der Waals surface area contributed by atoms with Gasteiger partial charge in [0, 0.05) is 38.1 Å². The fourth-order valence-electron chi connectivity index (χ4n) is 4.20. The topological polar surface area (TPSA) is 56.6 Å². The van der Waals surface area contributed by atoms with E-state index in [2.05, 4.69) is 70.4 Å². The summed E-state index contributed by atoms with van der Waals surface area (Å²) in [6.07, 6.45) is 0. The van der Waals surface area contributed by atoms with Crippen LogP contribution in [-0.2, 0) is 6.54 Å². The molecule has 0 spiro atoms. The molecule has 2 aromatic heterocycles. The number of aryl methyl sites for hydroxylation is 1. The first-order valence-electron chi connectivity index (χ1n) is 10.1. The minimum absolute atomic E-state index is 0.203. The van der Waals surface area contributed by atoms with Gasteiger partial charge in [-0.05, 0) is 54.4 Å². The van der Waals surface area contributed by atoms with Gasteiger partial charge in [-0.1, -0.05) is 30.3 Å². The van der Waals surface area contributed by atoms with Crippen molar-refractivity contribution in [3.63, 3.8) is 0 Å². The van der Waals surface area contributed by atoms with Crippen LogP contribution in [-0.4, -0.2) is 57.6 Å². The lowest BCUT2D eigenvalue weighted by Gasteiger charge is -2.32. The van der Waals surface area contributed by atoms with Crippen LogP contribution < -0.4 is 5.69 Å². The van der Waals surface area contributed by atoms with Crippen molar-refractivity contribution >= 4 is 16.6 Å². The summed E-state index contributed by atoms with van der Waals surface area (Å²) >= 11 is 0. The van der Waals surface area contributed by atoms with Crippen LogP contribution in [0, 0.1) is 6.92 Å². The van der Waals surface area contributed by atoms with Crippen LogP contribution in [0.5, 0.6) is 0 Å². The average molecular weight is 387 g/mol. The molecular weight excluding hydrogens is 362 g/mol. The molecule has 0 amide bonds. The fraction of sp³-hybridized carbons (Fsp3) is 0.304. The van der Waals surface area contributed by atoms with Gasteiger partial charge in [-0.3, -0.25) is 4.90 Å². The van der Waals surface area contributed by atoms with E-state index in [0.29, 0.717) is 5.65 Å². The summed E-state index contributed by atoms with van der Waals surface area (Å²) in [5.74, 6) is 0. The maximum absolute atomic E-state index is 12.1. The van der Waals surface area contributed by atoms with Gasteiger partial charge < -0.3 is 4.90 Å². The van der Waals surface area contributed by atoms with Crippen LogP contribution in [0.1, 0.15) is 11.1 Å². The van der Waals surface area contributed by atoms with E-state index >= 15 is 0 Å². The van der Waals surface area contributed by atoms with Crippen molar-refractivity contribution < 1.29 is 0 Å². The van der Waals surface area contributed by atoms with Crippen LogP contribution in [0.15, 0.2) is 53.3 Å². The van der Waals surface area contributed by atoms with E-state index in [4.69, 9.17) is 0 Å². The summed E-state index contributed by atoms with van der Waals surface area (Å²) in [5.41, 5.74) is 6.14. The molecule has 2 aromatic carbocycles. The highest BCUT2D eigenvalue weighted by Crippen LogP contribution is 2.27. The predicted octanol–water partition coefficient (Wildman–Crippen LogP) is 2.90. The number of aromatic amines is 1. The highest BCUT2D eigenvalue weighted by molar-refractivity contribution is 5.89. The zero-order valence-corrected chi connectivity index (χ0v) is 16.9. The molecule has 1 aliphatic rings. The number of hydrogen-bond acceptors (Lipinski definition) is 4. The number of fused-ring (bicyclic) bond motifs is 3. The Morgan fingerprint density at radius 3 is 2.45 bits per heavy atom. The Morgan fingerprint density at radius 1 is 0.966 bits per heavy atom. The van der Waals surface area contributed by atoms with E-state index in [0.717, 1.165) is 54.8 Å². The molecule has 4 aromatic rings. The smallest absolute Gasteiger partial charge is 0.304 e. The minimum Gasteiger partial charge on any atom is -0.304 e. The normalized spacial score (nSPS) is 16.1. The highest BCUT2D eigenvalue weighted by atomic mass is 16.1. The lowest BCUT2D eigenvalue weighted by molar-refractivity contribution is 0.148.